The standard InChI is InChI=1S/C18H17Cl2NO/c19-14-9-6-10-15(16(14)20)21-17(22)18(11-4-5-12-18)13-7-2-1-3-8-13/h1-3,6-10H,4-5,11-12H2,(H,21,22). The van der Waals surface area contributed by atoms with E-state index in [1.165, 1.54) is 0 Å². The molecule has 2 aromatic rings. The molecule has 1 aliphatic rings. The van der Waals surface area contributed by atoms with Crippen LogP contribution in [0.2, 0.25) is 10.0 Å². The molecular formula is C18H17Cl2NO. The van der Waals surface area contributed by atoms with Crippen LogP contribution in [0, 0.1) is 0 Å². The van der Waals surface area contributed by atoms with Crippen molar-refractivity contribution in [3.63, 3.8) is 0 Å². The molecule has 1 fully saturated rings. The molecule has 1 N–H and O–H groups in total. The number of hydrogen-bond acceptors (Lipinski definition) is 1. The Balaban J connectivity index is 1.93. The van der Waals surface area contributed by atoms with E-state index in [0.717, 1.165) is 31.2 Å². The average Bonchev–Trinajstić information content (AvgIpc) is 3.04. The first-order valence-corrected chi connectivity index (χ1v) is 8.20. The summed E-state index contributed by atoms with van der Waals surface area (Å²) in [5.74, 6) is 0.000340. The van der Waals surface area contributed by atoms with Gasteiger partial charge in [0.25, 0.3) is 0 Å². The van der Waals surface area contributed by atoms with Gasteiger partial charge in [-0.1, -0.05) is 72.4 Å². The van der Waals surface area contributed by atoms with Crippen molar-refractivity contribution >= 4 is 34.8 Å². The van der Waals surface area contributed by atoms with Crippen LogP contribution in [-0.4, -0.2) is 5.91 Å². The van der Waals surface area contributed by atoms with E-state index < -0.39 is 5.41 Å². The van der Waals surface area contributed by atoms with Gasteiger partial charge in [0, 0.05) is 0 Å². The molecule has 0 atom stereocenters. The van der Waals surface area contributed by atoms with Gasteiger partial charge in [-0.05, 0) is 30.5 Å². The van der Waals surface area contributed by atoms with Crippen molar-refractivity contribution in [2.75, 3.05) is 5.32 Å². The Morgan fingerprint density at radius 2 is 1.64 bits per heavy atom. The highest BCUT2D eigenvalue weighted by atomic mass is 35.5. The Hall–Kier alpha value is -1.51. The lowest BCUT2D eigenvalue weighted by molar-refractivity contribution is -0.121. The van der Waals surface area contributed by atoms with Crippen LogP contribution in [0.3, 0.4) is 0 Å². The van der Waals surface area contributed by atoms with Gasteiger partial charge in [0.05, 0.1) is 21.1 Å². The fourth-order valence-electron chi connectivity index (χ4n) is 3.22. The number of rotatable bonds is 3. The Labute approximate surface area is 140 Å². The molecule has 1 saturated carbocycles. The van der Waals surface area contributed by atoms with Crippen LogP contribution < -0.4 is 5.32 Å². The van der Waals surface area contributed by atoms with Crippen molar-refractivity contribution in [2.45, 2.75) is 31.1 Å². The van der Waals surface area contributed by atoms with Crippen LogP contribution in [-0.2, 0) is 10.2 Å². The predicted octanol–water partition coefficient (Wildman–Crippen LogP) is 5.44. The van der Waals surface area contributed by atoms with Gasteiger partial charge >= 0.3 is 0 Å². The van der Waals surface area contributed by atoms with E-state index in [-0.39, 0.29) is 5.91 Å². The molecule has 3 rings (SSSR count). The molecule has 0 aromatic heterocycles. The molecule has 1 aliphatic carbocycles. The second-order valence-electron chi connectivity index (χ2n) is 5.71. The van der Waals surface area contributed by atoms with Crippen molar-refractivity contribution < 1.29 is 4.79 Å². The first-order chi connectivity index (χ1) is 10.6. The molecule has 0 radical (unpaired) electrons. The van der Waals surface area contributed by atoms with E-state index in [0.29, 0.717) is 15.7 Å². The average molecular weight is 334 g/mol. The minimum absolute atomic E-state index is 0.000340. The van der Waals surface area contributed by atoms with Crippen molar-refractivity contribution in [3.05, 3.63) is 64.1 Å². The van der Waals surface area contributed by atoms with E-state index in [1.54, 1.807) is 18.2 Å². The van der Waals surface area contributed by atoms with Crippen molar-refractivity contribution in [1.82, 2.24) is 0 Å². The fraction of sp³-hybridized carbons (Fsp3) is 0.278. The summed E-state index contributed by atoms with van der Waals surface area (Å²) >= 11 is 12.2. The number of nitrogens with one attached hydrogen (secondary N) is 1. The van der Waals surface area contributed by atoms with Gasteiger partial charge in [-0.15, -0.1) is 0 Å². The summed E-state index contributed by atoms with van der Waals surface area (Å²) in [7, 11) is 0. The van der Waals surface area contributed by atoms with Gasteiger partial charge in [-0.2, -0.15) is 0 Å². The number of carbonyl (C=O) groups is 1. The van der Waals surface area contributed by atoms with E-state index >= 15 is 0 Å². The number of hydrogen-bond donors (Lipinski definition) is 1. The van der Waals surface area contributed by atoms with Gasteiger partial charge < -0.3 is 5.32 Å². The minimum atomic E-state index is -0.465. The van der Waals surface area contributed by atoms with Crippen LogP contribution in [0.5, 0.6) is 0 Å². The van der Waals surface area contributed by atoms with Crippen LogP contribution in [0.4, 0.5) is 5.69 Å². The normalized spacial score (nSPS) is 16.5. The maximum atomic E-state index is 13.0. The lowest BCUT2D eigenvalue weighted by Gasteiger charge is -2.28. The van der Waals surface area contributed by atoms with Crippen LogP contribution >= 0.6 is 23.2 Å². The molecule has 0 unspecified atom stereocenters. The molecule has 4 heteroatoms. The summed E-state index contributed by atoms with van der Waals surface area (Å²) in [4.78, 5) is 13.0. The zero-order chi connectivity index (χ0) is 15.6. The monoisotopic (exact) mass is 333 g/mol. The van der Waals surface area contributed by atoms with Crippen molar-refractivity contribution in [2.24, 2.45) is 0 Å². The van der Waals surface area contributed by atoms with Crippen LogP contribution in [0.1, 0.15) is 31.2 Å². The topological polar surface area (TPSA) is 29.1 Å². The molecule has 22 heavy (non-hydrogen) atoms. The number of benzene rings is 2. The maximum Gasteiger partial charge on any atom is 0.235 e. The van der Waals surface area contributed by atoms with E-state index in [1.807, 2.05) is 30.3 Å². The summed E-state index contributed by atoms with van der Waals surface area (Å²) in [6.45, 7) is 0. The Morgan fingerprint density at radius 3 is 2.32 bits per heavy atom. The van der Waals surface area contributed by atoms with E-state index in [9.17, 15) is 4.79 Å². The highest BCUT2D eigenvalue weighted by Gasteiger charge is 2.42. The highest BCUT2D eigenvalue weighted by Crippen LogP contribution is 2.42. The van der Waals surface area contributed by atoms with E-state index in [2.05, 4.69) is 5.32 Å². The predicted molar refractivity (Wildman–Crippen MR) is 91.7 cm³/mol. The largest absolute Gasteiger partial charge is 0.324 e. The zero-order valence-corrected chi connectivity index (χ0v) is 13.6. The smallest absolute Gasteiger partial charge is 0.235 e. The molecule has 0 heterocycles. The summed E-state index contributed by atoms with van der Waals surface area (Å²) in [5.41, 5.74) is 1.18. The minimum Gasteiger partial charge on any atom is -0.324 e. The number of carbonyl (C=O) groups excluding carboxylic acids is 1. The number of amides is 1. The number of anilines is 1. The van der Waals surface area contributed by atoms with Crippen LogP contribution in [0.25, 0.3) is 0 Å². The Morgan fingerprint density at radius 1 is 0.955 bits per heavy atom. The highest BCUT2D eigenvalue weighted by molar-refractivity contribution is 6.44. The first kappa shape index (κ1) is 15.4. The summed E-state index contributed by atoms with van der Waals surface area (Å²) in [6.07, 6.45) is 3.85. The Bertz CT molecular complexity index is 679. The molecule has 114 valence electrons. The third-order valence-electron chi connectivity index (χ3n) is 4.42. The molecule has 1 amide bonds. The summed E-state index contributed by atoms with van der Waals surface area (Å²) in [5, 5.41) is 3.81. The zero-order valence-electron chi connectivity index (χ0n) is 12.1. The SMILES string of the molecule is O=C(Nc1cccc(Cl)c1Cl)C1(c2ccccc2)CCCC1. The maximum absolute atomic E-state index is 13.0. The summed E-state index contributed by atoms with van der Waals surface area (Å²) in [6, 6.07) is 15.3. The molecule has 2 aromatic carbocycles. The van der Waals surface area contributed by atoms with Gasteiger partial charge in [0.15, 0.2) is 0 Å². The lowest BCUT2D eigenvalue weighted by Crippen LogP contribution is -2.38. The fourth-order valence-corrected chi connectivity index (χ4v) is 3.57. The summed E-state index contributed by atoms with van der Waals surface area (Å²) < 4.78 is 0. The van der Waals surface area contributed by atoms with Crippen LogP contribution in [0.15, 0.2) is 48.5 Å². The third-order valence-corrected chi connectivity index (χ3v) is 5.24. The molecule has 0 saturated heterocycles. The second kappa shape index (κ2) is 6.31. The number of halogens is 2. The molecule has 0 spiro atoms. The second-order valence-corrected chi connectivity index (χ2v) is 6.50. The molecule has 2 nitrogen and oxygen atoms in total. The van der Waals surface area contributed by atoms with Gasteiger partial charge in [-0.3, -0.25) is 4.79 Å². The third kappa shape index (κ3) is 2.73. The lowest BCUT2D eigenvalue weighted by atomic mass is 9.78. The van der Waals surface area contributed by atoms with Crippen molar-refractivity contribution in [3.8, 4) is 0 Å². The molecular weight excluding hydrogens is 317 g/mol. The van der Waals surface area contributed by atoms with Crippen molar-refractivity contribution in [1.29, 1.82) is 0 Å². The van der Waals surface area contributed by atoms with Gasteiger partial charge in [0.2, 0.25) is 5.91 Å². The van der Waals surface area contributed by atoms with Gasteiger partial charge in [-0.25, -0.2) is 0 Å². The quantitative estimate of drug-likeness (QED) is 0.795. The van der Waals surface area contributed by atoms with Gasteiger partial charge in [0.1, 0.15) is 0 Å². The Kier molecular flexibility index (Phi) is 4.42. The first-order valence-electron chi connectivity index (χ1n) is 7.44. The molecule has 0 bridgehead atoms. The molecule has 0 aliphatic heterocycles. The van der Waals surface area contributed by atoms with E-state index in [4.69, 9.17) is 23.2 Å².